The first-order valence-corrected chi connectivity index (χ1v) is 10.1. The van der Waals surface area contributed by atoms with Crippen molar-refractivity contribution < 1.29 is 10.2 Å². The van der Waals surface area contributed by atoms with Gasteiger partial charge < -0.3 is 15.2 Å². The third kappa shape index (κ3) is 2.70. The third-order valence-electron chi connectivity index (χ3n) is 5.03. The number of nitrogens with one attached hydrogen (secondary N) is 1. The highest BCUT2D eigenvalue weighted by molar-refractivity contribution is 7.23. The molecular weight excluding hydrogens is 406 g/mol. The zero-order chi connectivity index (χ0) is 20.1. The average Bonchev–Trinajstić information content (AvgIpc) is 3.05. The highest BCUT2D eigenvalue weighted by Gasteiger charge is 2.24. The highest BCUT2D eigenvalue weighted by atomic mass is 35.5. The Balaban J connectivity index is 1.88. The molecule has 3 aromatic carbocycles. The SMILES string of the molecule is O=c1[nH]c2sc(Cl)c(-c3ccc4ccccc4c3O)c2c(O)c1-c1ccccc1. The lowest BCUT2D eigenvalue weighted by Gasteiger charge is -2.10. The second-order valence-electron chi connectivity index (χ2n) is 6.68. The number of rotatable bonds is 2. The molecule has 5 aromatic rings. The first kappa shape index (κ1) is 17.8. The molecule has 29 heavy (non-hydrogen) atoms. The summed E-state index contributed by atoms with van der Waals surface area (Å²) < 4.78 is 0.377. The number of halogens is 1. The van der Waals surface area contributed by atoms with E-state index in [2.05, 4.69) is 4.98 Å². The molecule has 0 atom stereocenters. The molecule has 0 amide bonds. The van der Waals surface area contributed by atoms with Gasteiger partial charge in [0, 0.05) is 16.5 Å². The van der Waals surface area contributed by atoms with E-state index in [1.165, 1.54) is 0 Å². The van der Waals surface area contributed by atoms with Crippen LogP contribution in [0.25, 0.3) is 43.2 Å². The highest BCUT2D eigenvalue weighted by Crippen LogP contribution is 2.49. The van der Waals surface area contributed by atoms with Crippen LogP contribution in [0, 0.1) is 0 Å². The number of phenolic OH excluding ortho intramolecular Hbond substituents is 1. The van der Waals surface area contributed by atoms with E-state index >= 15 is 0 Å². The molecule has 3 N–H and O–H groups in total. The fraction of sp³-hybridized carbons (Fsp3) is 0. The van der Waals surface area contributed by atoms with Gasteiger partial charge in [-0.25, -0.2) is 0 Å². The molecule has 0 aliphatic rings. The Labute approximate surface area is 174 Å². The Morgan fingerprint density at radius 2 is 1.55 bits per heavy atom. The zero-order valence-corrected chi connectivity index (χ0v) is 16.5. The van der Waals surface area contributed by atoms with E-state index in [0.717, 1.165) is 16.7 Å². The van der Waals surface area contributed by atoms with Crippen LogP contribution in [-0.2, 0) is 0 Å². The van der Waals surface area contributed by atoms with Gasteiger partial charge in [-0.2, -0.15) is 0 Å². The number of benzene rings is 3. The molecule has 6 heteroatoms. The van der Waals surface area contributed by atoms with Crippen LogP contribution in [0.2, 0.25) is 4.34 Å². The fourth-order valence-corrected chi connectivity index (χ4v) is 5.05. The van der Waals surface area contributed by atoms with Crippen molar-refractivity contribution in [3.8, 4) is 33.8 Å². The van der Waals surface area contributed by atoms with Crippen molar-refractivity contribution in [3.63, 3.8) is 0 Å². The van der Waals surface area contributed by atoms with Gasteiger partial charge in [0.15, 0.2) is 0 Å². The molecule has 2 heterocycles. The maximum Gasteiger partial charge on any atom is 0.260 e. The van der Waals surface area contributed by atoms with E-state index in [9.17, 15) is 15.0 Å². The first-order chi connectivity index (χ1) is 14.1. The number of hydrogen-bond acceptors (Lipinski definition) is 4. The number of fused-ring (bicyclic) bond motifs is 2. The Morgan fingerprint density at radius 3 is 2.34 bits per heavy atom. The minimum atomic E-state index is -0.395. The number of aromatic hydroxyl groups is 2. The number of thiophene rings is 1. The summed E-state index contributed by atoms with van der Waals surface area (Å²) in [5.41, 5.74) is 1.38. The van der Waals surface area contributed by atoms with Crippen LogP contribution in [0.15, 0.2) is 71.5 Å². The van der Waals surface area contributed by atoms with Crippen molar-refractivity contribution in [1.29, 1.82) is 0 Å². The number of aromatic nitrogens is 1. The second-order valence-corrected chi connectivity index (χ2v) is 8.30. The van der Waals surface area contributed by atoms with Gasteiger partial charge >= 0.3 is 0 Å². The Hall–Kier alpha value is -3.28. The first-order valence-electron chi connectivity index (χ1n) is 8.90. The lowest BCUT2D eigenvalue weighted by Crippen LogP contribution is -2.08. The van der Waals surface area contributed by atoms with Crippen molar-refractivity contribution in [3.05, 3.63) is 81.4 Å². The maximum atomic E-state index is 12.7. The summed E-state index contributed by atoms with van der Waals surface area (Å²) in [5.74, 6) is -0.0720. The molecule has 0 bridgehead atoms. The lowest BCUT2D eigenvalue weighted by atomic mass is 9.97. The van der Waals surface area contributed by atoms with E-state index in [4.69, 9.17) is 11.6 Å². The van der Waals surface area contributed by atoms with Gasteiger partial charge in [-0.1, -0.05) is 72.3 Å². The molecule has 142 valence electrons. The molecule has 4 nitrogen and oxygen atoms in total. The molecule has 0 unspecified atom stereocenters. The number of pyridine rings is 1. The molecule has 0 saturated carbocycles. The summed E-state index contributed by atoms with van der Waals surface area (Å²) in [5, 5.41) is 24.0. The van der Waals surface area contributed by atoms with E-state index < -0.39 is 5.56 Å². The van der Waals surface area contributed by atoms with Gasteiger partial charge in [-0.3, -0.25) is 4.79 Å². The zero-order valence-electron chi connectivity index (χ0n) is 14.9. The smallest absolute Gasteiger partial charge is 0.260 e. The quantitative estimate of drug-likeness (QED) is 0.321. The molecule has 0 aliphatic carbocycles. The summed E-state index contributed by atoms with van der Waals surface area (Å²) in [6, 6.07) is 20.1. The summed E-state index contributed by atoms with van der Waals surface area (Å²) in [7, 11) is 0. The van der Waals surface area contributed by atoms with Crippen LogP contribution in [0.3, 0.4) is 0 Å². The maximum absolute atomic E-state index is 12.7. The van der Waals surface area contributed by atoms with Crippen molar-refractivity contribution in [2.75, 3.05) is 0 Å². The Bertz CT molecular complexity index is 1450. The van der Waals surface area contributed by atoms with Gasteiger partial charge in [0.25, 0.3) is 5.56 Å². The van der Waals surface area contributed by atoms with Crippen LogP contribution in [0.4, 0.5) is 0 Å². The van der Waals surface area contributed by atoms with Gasteiger partial charge in [0.1, 0.15) is 20.7 Å². The summed E-state index contributed by atoms with van der Waals surface area (Å²) >= 11 is 7.68. The number of hydrogen-bond donors (Lipinski definition) is 3. The van der Waals surface area contributed by atoms with E-state index in [-0.39, 0.29) is 17.1 Å². The lowest BCUT2D eigenvalue weighted by molar-refractivity contribution is 0.482. The Kier molecular flexibility index (Phi) is 4.08. The minimum Gasteiger partial charge on any atom is -0.507 e. The fourth-order valence-electron chi connectivity index (χ4n) is 3.69. The molecule has 0 saturated heterocycles. The predicted octanol–water partition coefficient (Wildman–Crippen LogP) is 6.14. The number of H-pyrrole nitrogens is 1. The number of phenols is 1. The van der Waals surface area contributed by atoms with Crippen molar-refractivity contribution in [1.82, 2.24) is 4.98 Å². The third-order valence-corrected chi connectivity index (χ3v) is 6.34. The van der Waals surface area contributed by atoms with Gasteiger partial charge in [-0.05, 0) is 17.0 Å². The predicted molar refractivity (Wildman–Crippen MR) is 119 cm³/mol. The van der Waals surface area contributed by atoms with Crippen LogP contribution in [0.5, 0.6) is 11.5 Å². The van der Waals surface area contributed by atoms with Crippen molar-refractivity contribution >= 4 is 43.9 Å². The monoisotopic (exact) mass is 419 g/mol. The van der Waals surface area contributed by atoms with E-state index in [1.54, 1.807) is 30.3 Å². The molecular formula is C23H14ClNO3S. The van der Waals surface area contributed by atoms with Crippen LogP contribution in [0.1, 0.15) is 0 Å². The van der Waals surface area contributed by atoms with Crippen LogP contribution < -0.4 is 5.56 Å². The summed E-state index contributed by atoms with van der Waals surface area (Å²) in [6.45, 7) is 0. The summed E-state index contributed by atoms with van der Waals surface area (Å²) in [4.78, 5) is 15.9. The largest absolute Gasteiger partial charge is 0.507 e. The molecule has 0 aliphatic heterocycles. The normalized spacial score (nSPS) is 11.3. The molecule has 0 spiro atoms. The van der Waals surface area contributed by atoms with Gasteiger partial charge in [-0.15, -0.1) is 11.3 Å². The number of aromatic amines is 1. The molecule has 0 radical (unpaired) electrons. The van der Waals surface area contributed by atoms with Gasteiger partial charge in [0.05, 0.1) is 10.9 Å². The van der Waals surface area contributed by atoms with E-state index in [1.807, 2.05) is 36.4 Å². The minimum absolute atomic E-state index is 0.0801. The van der Waals surface area contributed by atoms with Gasteiger partial charge in [0.2, 0.25) is 0 Å². The standard InChI is InChI=1S/C23H14ClNO3S/c24-21-17(15-11-10-12-6-4-5-9-14(12)19(15)26)18-20(27)16(13-7-2-1-3-8-13)22(28)25-23(18)29-21/h1-11,26H,(H2,25,27,28). The van der Waals surface area contributed by atoms with Crippen molar-refractivity contribution in [2.24, 2.45) is 0 Å². The van der Waals surface area contributed by atoms with E-state index in [0.29, 0.717) is 36.6 Å². The van der Waals surface area contributed by atoms with Crippen molar-refractivity contribution in [2.45, 2.75) is 0 Å². The molecule has 5 rings (SSSR count). The second kappa shape index (κ2) is 6.65. The molecule has 2 aromatic heterocycles. The van der Waals surface area contributed by atoms with Crippen LogP contribution in [-0.4, -0.2) is 15.2 Å². The Morgan fingerprint density at radius 1 is 0.828 bits per heavy atom. The topological polar surface area (TPSA) is 73.3 Å². The average molecular weight is 420 g/mol. The summed E-state index contributed by atoms with van der Waals surface area (Å²) in [6.07, 6.45) is 0. The molecule has 0 fully saturated rings. The van der Waals surface area contributed by atoms with Crippen LogP contribution >= 0.6 is 22.9 Å².